The van der Waals surface area contributed by atoms with Crippen molar-refractivity contribution in [3.05, 3.63) is 35.5 Å². The molecule has 1 aromatic carbocycles. The van der Waals surface area contributed by atoms with E-state index in [4.69, 9.17) is 0 Å². The summed E-state index contributed by atoms with van der Waals surface area (Å²) in [6.07, 6.45) is 1.77. The second kappa shape index (κ2) is 4.35. The van der Waals surface area contributed by atoms with E-state index in [2.05, 4.69) is 57.5 Å². The zero-order chi connectivity index (χ0) is 13.4. The molecule has 19 heavy (non-hydrogen) atoms. The Morgan fingerprint density at radius 2 is 1.79 bits per heavy atom. The topological polar surface area (TPSA) is 66.5 Å². The highest BCUT2D eigenvalue weighted by Gasteiger charge is 2.11. The van der Waals surface area contributed by atoms with Crippen molar-refractivity contribution in [2.24, 2.45) is 0 Å². The number of nitrogens with zero attached hydrogens (tertiary/aromatic N) is 3. The van der Waals surface area contributed by atoms with E-state index in [1.165, 1.54) is 11.1 Å². The van der Waals surface area contributed by atoms with Crippen LogP contribution in [-0.2, 0) is 0 Å². The van der Waals surface area contributed by atoms with Crippen LogP contribution in [0.5, 0.6) is 0 Å². The molecule has 0 bridgehead atoms. The minimum absolute atomic E-state index is 0.589. The molecule has 0 saturated heterocycles. The van der Waals surface area contributed by atoms with Gasteiger partial charge < -0.3 is 5.32 Å². The smallest absolute Gasteiger partial charge is 0.225 e. The molecule has 5 heteroatoms. The SMILES string of the molecule is CNc1nc(-c2cc(C)cc(C)c2)c2cn[nH]c2n1. The van der Waals surface area contributed by atoms with Crippen LogP contribution >= 0.6 is 0 Å². The van der Waals surface area contributed by atoms with E-state index < -0.39 is 0 Å². The first-order valence-electron chi connectivity index (χ1n) is 6.15. The minimum atomic E-state index is 0.589. The van der Waals surface area contributed by atoms with Gasteiger partial charge >= 0.3 is 0 Å². The maximum Gasteiger partial charge on any atom is 0.225 e. The van der Waals surface area contributed by atoms with Crippen LogP contribution in [0.4, 0.5) is 5.95 Å². The van der Waals surface area contributed by atoms with E-state index in [-0.39, 0.29) is 0 Å². The van der Waals surface area contributed by atoms with Gasteiger partial charge in [-0.1, -0.05) is 17.2 Å². The predicted octanol–water partition coefficient (Wildman–Crippen LogP) is 2.68. The van der Waals surface area contributed by atoms with Gasteiger partial charge in [0.2, 0.25) is 5.95 Å². The molecule has 2 N–H and O–H groups in total. The lowest BCUT2D eigenvalue weighted by atomic mass is 10.0. The Bertz CT molecular complexity index is 724. The van der Waals surface area contributed by atoms with Gasteiger partial charge in [0, 0.05) is 12.6 Å². The lowest BCUT2D eigenvalue weighted by molar-refractivity contribution is 1.09. The quantitative estimate of drug-likeness (QED) is 0.737. The molecule has 0 aliphatic rings. The van der Waals surface area contributed by atoms with Crippen LogP contribution in [0.25, 0.3) is 22.3 Å². The normalized spacial score (nSPS) is 10.9. The summed E-state index contributed by atoms with van der Waals surface area (Å²) in [6.45, 7) is 4.17. The number of hydrogen-bond acceptors (Lipinski definition) is 4. The van der Waals surface area contributed by atoms with Crippen molar-refractivity contribution < 1.29 is 0 Å². The Hall–Kier alpha value is -2.43. The number of H-pyrrole nitrogens is 1. The molecule has 0 saturated carbocycles. The van der Waals surface area contributed by atoms with Crippen molar-refractivity contribution in [3.63, 3.8) is 0 Å². The second-order valence-electron chi connectivity index (χ2n) is 4.65. The average Bonchev–Trinajstić information content (AvgIpc) is 2.84. The largest absolute Gasteiger partial charge is 0.357 e. The van der Waals surface area contributed by atoms with Crippen molar-refractivity contribution in [2.75, 3.05) is 12.4 Å². The predicted molar refractivity (Wildman–Crippen MR) is 76.1 cm³/mol. The Balaban J connectivity index is 2.31. The van der Waals surface area contributed by atoms with Crippen molar-refractivity contribution in [1.82, 2.24) is 20.2 Å². The summed E-state index contributed by atoms with van der Waals surface area (Å²) in [5.41, 5.74) is 5.17. The van der Waals surface area contributed by atoms with Gasteiger partial charge in [-0.05, 0) is 26.0 Å². The number of aromatic nitrogens is 4. The summed E-state index contributed by atoms with van der Waals surface area (Å²) in [6, 6.07) is 6.40. The fraction of sp³-hybridized carbons (Fsp3) is 0.214. The number of rotatable bonds is 2. The van der Waals surface area contributed by atoms with Crippen molar-refractivity contribution in [3.8, 4) is 11.3 Å². The lowest BCUT2D eigenvalue weighted by Gasteiger charge is -2.07. The first-order chi connectivity index (χ1) is 9.17. The summed E-state index contributed by atoms with van der Waals surface area (Å²) >= 11 is 0. The molecule has 0 spiro atoms. The van der Waals surface area contributed by atoms with Crippen molar-refractivity contribution in [1.29, 1.82) is 0 Å². The standard InChI is InChI=1S/C14H15N5/c1-8-4-9(2)6-10(5-8)12-11-7-16-19-13(11)18-14(15-3)17-12/h4-7H,1-3H3,(H2,15,16,17,18,19). The molecule has 3 rings (SSSR count). The first kappa shape index (κ1) is 11.6. The Morgan fingerprint density at radius 3 is 2.47 bits per heavy atom. The Morgan fingerprint density at radius 1 is 1.05 bits per heavy atom. The molecule has 96 valence electrons. The van der Waals surface area contributed by atoms with Gasteiger partial charge in [0.15, 0.2) is 5.65 Å². The second-order valence-corrected chi connectivity index (χ2v) is 4.65. The van der Waals surface area contributed by atoms with Crippen LogP contribution in [0.3, 0.4) is 0 Å². The number of hydrogen-bond donors (Lipinski definition) is 2. The maximum atomic E-state index is 4.56. The number of anilines is 1. The molecule has 0 aliphatic heterocycles. The molecular weight excluding hydrogens is 238 g/mol. The van der Waals surface area contributed by atoms with E-state index in [1.807, 2.05) is 7.05 Å². The highest BCUT2D eigenvalue weighted by molar-refractivity contribution is 5.90. The molecule has 2 heterocycles. The molecule has 0 fully saturated rings. The molecule has 0 atom stereocenters. The Kier molecular flexibility index (Phi) is 2.67. The van der Waals surface area contributed by atoms with Crippen LogP contribution < -0.4 is 5.32 Å². The van der Waals surface area contributed by atoms with Crippen molar-refractivity contribution in [2.45, 2.75) is 13.8 Å². The molecule has 3 aromatic rings. The van der Waals surface area contributed by atoms with Gasteiger partial charge in [-0.25, -0.2) is 4.98 Å². The third-order valence-corrected chi connectivity index (χ3v) is 3.03. The third-order valence-electron chi connectivity index (χ3n) is 3.03. The van der Waals surface area contributed by atoms with Gasteiger partial charge in [-0.15, -0.1) is 0 Å². The molecule has 0 radical (unpaired) electrons. The van der Waals surface area contributed by atoms with E-state index in [0.29, 0.717) is 5.95 Å². The summed E-state index contributed by atoms with van der Waals surface area (Å²) in [5, 5.41) is 10.9. The van der Waals surface area contributed by atoms with E-state index >= 15 is 0 Å². The van der Waals surface area contributed by atoms with Gasteiger partial charge in [-0.3, -0.25) is 5.10 Å². The first-order valence-corrected chi connectivity index (χ1v) is 6.15. The maximum absolute atomic E-state index is 4.56. The third kappa shape index (κ3) is 2.03. The van der Waals surface area contributed by atoms with E-state index in [0.717, 1.165) is 22.3 Å². The summed E-state index contributed by atoms with van der Waals surface area (Å²) < 4.78 is 0. The molecule has 0 amide bonds. The molecule has 5 nitrogen and oxygen atoms in total. The molecule has 0 unspecified atom stereocenters. The molecular formula is C14H15N5. The average molecular weight is 253 g/mol. The fourth-order valence-electron chi connectivity index (χ4n) is 2.28. The van der Waals surface area contributed by atoms with E-state index in [9.17, 15) is 0 Å². The van der Waals surface area contributed by atoms with Gasteiger partial charge in [0.05, 0.1) is 17.3 Å². The van der Waals surface area contributed by atoms with Gasteiger partial charge in [0.1, 0.15) is 0 Å². The van der Waals surface area contributed by atoms with Crippen LogP contribution in [-0.4, -0.2) is 27.2 Å². The number of aromatic amines is 1. The molecule has 0 aliphatic carbocycles. The highest BCUT2D eigenvalue weighted by atomic mass is 15.2. The number of fused-ring (bicyclic) bond motifs is 1. The Labute approximate surface area is 111 Å². The summed E-state index contributed by atoms with van der Waals surface area (Å²) in [7, 11) is 1.81. The summed E-state index contributed by atoms with van der Waals surface area (Å²) in [5.74, 6) is 0.589. The van der Waals surface area contributed by atoms with E-state index in [1.54, 1.807) is 6.20 Å². The number of nitrogens with one attached hydrogen (secondary N) is 2. The summed E-state index contributed by atoms with van der Waals surface area (Å²) in [4.78, 5) is 8.91. The zero-order valence-corrected chi connectivity index (χ0v) is 11.2. The van der Waals surface area contributed by atoms with Crippen molar-refractivity contribution >= 4 is 17.0 Å². The van der Waals surface area contributed by atoms with Crippen LogP contribution in [0.15, 0.2) is 24.4 Å². The van der Waals surface area contributed by atoms with Crippen LogP contribution in [0.2, 0.25) is 0 Å². The minimum Gasteiger partial charge on any atom is -0.357 e. The monoisotopic (exact) mass is 253 g/mol. The fourth-order valence-corrected chi connectivity index (χ4v) is 2.28. The molecule has 2 aromatic heterocycles. The van der Waals surface area contributed by atoms with Gasteiger partial charge in [-0.2, -0.15) is 10.1 Å². The zero-order valence-electron chi connectivity index (χ0n) is 11.2. The van der Waals surface area contributed by atoms with Crippen LogP contribution in [0, 0.1) is 13.8 Å². The lowest BCUT2D eigenvalue weighted by Crippen LogP contribution is -1.98. The number of benzene rings is 1. The van der Waals surface area contributed by atoms with Crippen LogP contribution in [0.1, 0.15) is 11.1 Å². The van der Waals surface area contributed by atoms with Gasteiger partial charge in [0.25, 0.3) is 0 Å². The number of aryl methyl sites for hydroxylation is 2. The highest BCUT2D eigenvalue weighted by Crippen LogP contribution is 2.27.